The van der Waals surface area contributed by atoms with Crippen LogP contribution in [0, 0.1) is 0 Å². The third-order valence-corrected chi connectivity index (χ3v) is 3.99. The van der Waals surface area contributed by atoms with Crippen LogP contribution in [0.5, 0.6) is 5.75 Å². The maximum absolute atomic E-state index is 12.5. The first-order chi connectivity index (χ1) is 9.66. The number of fused-ring (bicyclic) bond motifs is 1. The molecule has 5 heteroatoms. The van der Waals surface area contributed by atoms with Gasteiger partial charge in [0.2, 0.25) is 0 Å². The molecular formula is C15H17NO4. The molecule has 106 valence electrons. The van der Waals surface area contributed by atoms with E-state index in [0.29, 0.717) is 25.1 Å². The van der Waals surface area contributed by atoms with Gasteiger partial charge in [-0.15, -0.1) is 0 Å². The van der Waals surface area contributed by atoms with Gasteiger partial charge in [-0.25, -0.2) is 4.79 Å². The van der Waals surface area contributed by atoms with Crippen molar-refractivity contribution in [1.82, 2.24) is 4.90 Å². The molecule has 2 aliphatic rings. The van der Waals surface area contributed by atoms with Gasteiger partial charge < -0.3 is 14.7 Å². The van der Waals surface area contributed by atoms with Gasteiger partial charge in [-0.3, -0.25) is 4.79 Å². The smallest absolute Gasteiger partial charge is 0.326 e. The van der Waals surface area contributed by atoms with Crippen molar-refractivity contribution in [2.75, 3.05) is 13.2 Å². The Morgan fingerprint density at radius 1 is 1.30 bits per heavy atom. The van der Waals surface area contributed by atoms with Crippen molar-refractivity contribution in [3.8, 4) is 5.75 Å². The fourth-order valence-electron chi connectivity index (χ4n) is 2.92. The van der Waals surface area contributed by atoms with Crippen LogP contribution in [0.15, 0.2) is 18.2 Å². The molecule has 1 atom stereocenters. The van der Waals surface area contributed by atoms with Crippen LogP contribution in [0.1, 0.15) is 35.2 Å². The molecule has 2 aliphatic heterocycles. The molecule has 20 heavy (non-hydrogen) atoms. The third kappa shape index (κ3) is 2.24. The summed E-state index contributed by atoms with van der Waals surface area (Å²) in [4.78, 5) is 25.3. The lowest BCUT2D eigenvalue weighted by atomic mass is 10.00. The summed E-state index contributed by atoms with van der Waals surface area (Å²) in [6.07, 6.45) is 3.07. The standard InChI is InChI=1S/C15H17NO4/c17-14(16-7-2-1-3-12(16)15(18)19)11-4-5-13-10(9-11)6-8-20-13/h4-5,9,12H,1-3,6-8H2,(H,18,19)/t12-/m0/s1. The van der Waals surface area contributed by atoms with Crippen LogP contribution in [0.3, 0.4) is 0 Å². The minimum Gasteiger partial charge on any atom is -0.493 e. The van der Waals surface area contributed by atoms with Gasteiger partial charge in [0.15, 0.2) is 0 Å². The van der Waals surface area contributed by atoms with Gasteiger partial charge in [-0.05, 0) is 43.0 Å². The number of piperidine rings is 1. The number of carbonyl (C=O) groups excluding carboxylic acids is 1. The predicted molar refractivity (Wildman–Crippen MR) is 72.0 cm³/mol. The Morgan fingerprint density at radius 3 is 2.95 bits per heavy atom. The molecule has 1 N–H and O–H groups in total. The quantitative estimate of drug-likeness (QED) is 0.892. The third-order valence-electron chi connectivity index (χ3n) is 3.99. The highest BCUT2D eigenvalue weighted by atomic mass is 16.5. The SMILES string of the molecule is O=C(O)[C@@H]1CCCCN1C(=O)c1ccc2c(c1)CCO2. The van der Waals surface area contributed by atoms with Crippen LogP contribution >= 0.6 is 0 Å². The summed E-state index contributed by atoms with van der Waals surface area (Å²) in [7, 11) is 0. The van der Waals surface area contributed by atoms with Crippen LogP contribution in [-0.4, -0.2) is 41.1 Å². The lowest BCUT2D eigenvalue weighted by Crippen LogP contribution is -2.48. The topological polar surface area (TPSA) is 66.8 Å². The molecule has 0 radical (unpaired) electrons. The number of amides is 1. The number of carboxylic acids is 1. The van der Waals surface area contributed by atoms with E-state index in [0.717, 1.165) is 30.6 Å². The van der Waals surface area contributed by atoms with E-state index in [1.807, 2.05) is 6.07 Å². The molecule has 0 aliphatic carbocycles. The largest absolute Gasteiger partial charge is 0.493 e. The lowest BCUT2D eigenvalue weighted by Gasteiger charge is -2.33. The molecule has 0 spiro atoms. The molecule has 0 bridgehead atoms. The fourth-order valence-corrected chi connectivity index (χ4v) is 2.92. The number of likely N-dealkylation sites (tertiary alicyclic amines) is 1. The average Bonchev–Trinajstić information content (AvgIpc) is 2.93. The number of benzene rings is 1. The van der Waals surface area contributed by atoms with Crippen LogP contribution in [0.25, 0.3) is 0 Å². The number of hydrogen-bond donors (Lipinski definition) is 1. The first-order valence-corrected chi connectivity index (χ1v) is 6.96. The van der Waals surface area contributed by atoms with Crippen molar-refractivity contribution in [3.63, 3.8) is 0 Å². The number of ether oxygens (including phenoxy) is 1. The molecule has 1 aromatic carbocycles. The van der Waals surface area contributed by atoms with E-state index in [4.69, 9.17) is 4.74 Å². The summed E-state index contributed by atoms with van der Waals surface area (Å²) in [5.41, 5.74) is 1.59. The van der Waals surface area contributed by atoms with Gasteiger partial charge in [0.25, 0.3) is 5.91 Å². The highest BCUT2D eigenvalue weighted by molar-refractivity contribution is 5.97. The number of aliphatic carboxylic acids is 1. The van der Waals surface area contributed by atoms with Gasteiger partial charge in [0, 0.05) is 18.5 Å². The molecule has 1 saturated heterocycles. The molecule has 0 aromatic heterocycles. The Balaban J connectivity index is 1.85. The summed E-state index contributed by atoms with van der Waals surface area (Å²) in [6.45, 7) is 1.16. The molecule has 1 aromatic rings. The number of nitrogens with zero attached hydrogens (tertiary/aromatic N) is 1. The Bertz CT molecular complexity index is 555. The maximum atomic E-state index is 12.5. The molecular weight excluding hydrogens is 258 g/mol. The van der Waals surface area contributed by atoms with E-state index < -0.39 is 12.0 Å². The van der Waals surface area contributed by atoms with Crippen molar-refractivity contribution in [2.45, 2.75) is 31.7 Å². The number of hydrogen-bond acceptors (Lipinski definition) is 3. The molecule has 5 nitrogen and oxygen atoms in total. The van der Waals surface area contributed by atoms with Crippen molar-refractivity contribution < 1.29 is 19.4 Å². The van der Waals surface area contributed by atoms with Gasteiger partial charge in [-0.1, -0.05) is 0 Å². The van der Waals surface area contributed by atoms with Gasteiger partial charge >= 0.3 is 5.97 Å². The minimum absolute atomic E-state index is 0.188. The van der Waals surface area contributed by atoms with Gasteiger partial charge in [0.05, 0.1) is 6.61 Å². The number of rotatable bonds is 2. The summed E-state index contributed by atoms with van der Waals surface area (Å²) in [6, 6.07) is 4.66. The van der Waals surface area contributed by atoms with Gasteiger partial charge in [0.1, 0.15) is 11.8 Å². The molecule has 1 fully saturated rings. The molecule has 3 rings (SSSR count). The van der Waals surface area contributed by atoms with E-state index in [-0.39, 0.29) is 5.91 Å². The molecule has 2 heterocycles. The Hall–Kier alpha value is -2.04. The Kier molecular flexibility index (Phi) is 3.34. The molecule has 0 saturated carbocycles. The molecule has 1 amide bonds. The van der Waals surface area contributed by atoms with Crippen molar-refractivity contribution >= 4 is 11.9 Å². The zero-order chi connectivity index (χ0) is 14.1. The Labute approximate surface area is 117 Å². The fraction of sp³-hybridized carbons (Fsp3) is 0.467. The van der Waals surface area contributed by atoms with E-state index in [2.05, 4.69) is 0 Å². The van der Waals surface area contributed by atoms with Crippen molar-refractivity contribution in [1.29, 1.82) is 0 Å². The van der Waals surface area contributed by atoms with Crippen LogP contribution in [-0.2, 0) is 11.2 Å². The predicted octanol–water partition coefficient (Wildman–Crippen LogP) is 1.70. The van der Waals surface area contributed by atoms with E-state index in [9.17, 15) is 14.7 Å². The second kappa shape index (κ2) is 5.15. The van der Waals surface area contributed by atoms with Crippen LogP contribution in [0.2, 0.25) is 0 Å². The summed E-state index contributed by atoms with van der Waals surface area (Å²) in [5, 5.41) is 9.25. The number of carbonyl (C=O) groups is 2. The summed E-state index contributed by atoms with van der Waals surface area (Å²) in [5.74, 6) is -0.274. The highest BCUT2D eigenvalue weighted by Crippen LogP contribution is 2.27. The molecule has 0 unspecified atom stereocenters. The maximum Gasteiger partial charge on any atom is 0.326 e. The Morgan fingerprint density at radius 2 is 2.15 bits per heavy atom. The van der Waals surface area contributed by atoms with Crippen molar-refractivity contribution in [2.24, 2.45) is 0 Å². The second-order valence-corrected chi connectivity index (χ2v) is 5.27. The summed E-state index contributed by atoms with van der Waals surface area (Å²) >= 11 is 0. The summed E-state index contributed by atoms with van der Waals surface area (Å²) < 4.78 is 5.42. The first kappa shape index (κ1) is 13.0. The lowest BCUT2D eigenvalue weighted by molar-refractivity contribution is -0.143. The number of carboxylic acid groups (broad SMARTS) is 1. The monoisotopic (exact) mass is 275 g/mol. The van der Waals surface area contributed by atoms with Crippen LogP contribution in [0.4, 0.5) is 0 Å². The zero-order valence-corrected chi connectivity index (χ0v) is 11.2. The van der Waals surface area contributed by atoms with Gasteiger partial charge in [-0.2, -0.15) is 0 Å². The van der Waals surface area contributed by atoms with Crippen molar-refractivity contribution in [3.05, 3.63) is 29.3 Å². The normalized spacial score (nSPS) is 21.2. The first-order valence-electron chi connectivity index (χ1n) is 6.96. The van der Waals surface area contributed by atoms with E-state index in [1.54, 1.807) is 12.1 Å². The zero-order valence-electron chi connectivity index (χ0n) is 11.2. The van der Waals surface area contributed by atoms with E-state index >= 15 is 0 Å². The average molecular weight is 275 g/mol. The highest BCUT2D eigenvalue weighted by Gasteiger charge is 2.32. The minimum atomic E-state index is -0.914. The second-order valence-electron chi connectivity index (χ2n) is 5.27. The van der Waals surface area contributed by atoms with E-state index in [1.165, 1.54) is 4.90 Å². The van der Waals surface area contributed by atoms with Crippen LogP contribution < -0.4 is 4.74 Å².